The van der Waals surface area contributed by atoms with Crippen LogP contribution in [0.2, 0.25) is 0 Å². The van der Waals surface area contributed by atoms with E-state index in [9.17, 15) is 4.79 Å². The first kappa shape index (κ1) is 11.7. The van der Waals surface area contributed by atoms with E-state index in [-0.39, 0.29) is 18.1 Å². The fourth-order valence-electron chi connectivity index (χ4n) is 2.85. The molecule has 1 saturated carbocycles. The Kier molecular flexibility index (Phi) is 2.46. The summed E-state index contributed by atoms with van der Waals surface area (Å²) in [6.07, 6.45) is -0.224. The molecule has 1 amide bonds. The molecule has 3 unspecified atom stereocenters. The standard InChI is InChI=1S/C12H21NO3/c1-11(2,3)16-10(15)13-5-8-9(6-14)12(8,4)7-13/h8-9,14H,5-7H2,1-4H3. The van der Waals surface area contributed by atoms with Crippen LogP contribution in [-0.2, 0) is 4.74 Å². The number of carbonyl (C=O) groups is 1. The fraction of sp³-hybridized carbons (Fsp3) is 0.917. The number of aliphatic hydroxyl groups is 1. The zero-order valence-corrected chi connectivity index (χ0v) is 10.5. The highest BCUT2D eigenvalue weighted by atomic mass is 16.6. The second kappa shape index (κ2) is 3.36. The molecular formula is C12H21NO3. The van der Waals surface area contributed by atoms with E-state index in [1.54, 1.807) is 4.90 Å². The Labute approximate surface area is 96.6 Å². The SMILES string of the molecule is CC(C)(C)OC(=O)N1CC2C(CO)C2(C)C1. The number of aliphatic hydroxyl groups excluding tert-OH is 1. The van der Waals surface area contributed by atoms with E-state index in [2.05, 4.69) is 6.92 Å². The van der Waals surface area contributed by atoms with Crippen molar-refractivity contribution in [3.05, 3.63) is 0 Å². The molecule has 1 aliphatic carbocycles. The molecule has 1 heterocycles. The Morgan fingerprint density at radius 3 is 2.56 bits per heavy atom. The largest absolute Gasteiger partial charge is 0.444 e. The topological polar surface area (TPSA) is 49.8 Å². The average molecular weight is 227 g/mol. The third kappa shape index (κ3) is 1.79. The van der Waals surface area contributed by atoms with Crippen molar-refractivity contribution in [1.29, 1.82) is 0 Å². The Bertz CT molecular complexity index is 310. The van der Waals surface area contributed by atoms with Crippen LogP contribution < -0.4 is 0 Å². The van der Waals surface area contributed by atoms with Gasteiger partial charge in [0, 0.05) is 19.7 Å². The first-order valence-electron chi connectivity index (χ1n) is 5.87. The molecule has 16 heavy (non-hydrogen) atoms. The second-order valence-corrected chi connectivity index (χ2v) is 6.26. The maximum Gasteiger partial charge on any atom is 0.410 e. The highest BCUT2D eigenvalue weighted by Crippen LogP contribution is 2.62. The van der Waals surface area contributed by atoms with E-state index >= 15 is 0 Å². The van der Waals surface area contributed by atoms with Gasteiger partial charge in [-0.05, 0) is 38.0 Å². The number of amides is 1. The van der Waals surface area contributed by atoms with Gasteiger partial charge in [-0.15, -0.1) is 0 Å². The quantitative estimate of drug-likeness (QED) is 0.738. The van der Waals surface area contributed by atoms with Gasteiger partial charge in [0.05, 0.1) is 0 Å². The number of rotatable bonds is 1. The number of ether oxygens (including phenoxy) is 1. The van der Waals surface area contributed by atoms with E-state index < -0.39 is 5.60 Å². The maximum absolute atomic E-state index is 11.8. The van der Waals surface area contributed by atoms with Crippen molar-refractivity contribution < 1.29 is 14.6 Å². The highest BCUT2D eigenvalue weighted by molar-refractivity contribution is 5.69. The first-order chi connectivity index (χ1) is 7.28. The Hall–Kier alpha value is -0.770. The fourth-order valence-corrected chi connectivity index (χ4v) is 2.85. The lowest BCUT2D eigenvalue weighted by molar-refractivity contribution is 0.0244. The molecule has 0 aromatic heterocycles. The van der Waals surface area contributed by atoms with Crippen LogP contribution in [0.5, 0.6) is 0 Å². The molecule has 4 heteroatoms. The summed E-state index contributed by atoms with van der Waals surface area (Å²) in [5.41, 5.74) is -0.299. The molecule has 0 aromatic rings. The highest BCUT2D eigenvalue weighted by Gasteiger charge is 2.66. The summed E-state index contributed by atoms with van der Waals surface area (Å²) < 4.78 is 5.33. The summed E-state index contributed by atoms with van der Waals surface area (Å²) in [7, 11) is 0. The van der Waals surface area contributed by atoms with E-state index in [0.717, 1.165) is 13.1 Å². The van der Waals surface area contributed by atoms with Gasteiger partial charge in [-0.2, -0.15) is 0 Å². The molecular weight excluding hydrogens is 206 g/mol. The number of hydrogen-bond acceptors (Lipinski definition) is 3. The van der Waals surface area contributed by atoms with Gasteiger partial charge in [0.1, 0.15) is 5.60 Å². The molecule has 3 atom stereocenters. The van der Waals surface area contributed by atoms with Gasteiger partial charge in [0.25, 0.3) is 0 Å². The molecule has 0 bridgehead atoms. The lowest BCUT2D eigenvalue weighted by atomic mass is 10.1. The number of likely N-dealkylation sites (tertiary alicyclic amines) is 1. The molecule has 1 saturated heterocycles. The van der Waals surface area contributed by atoms with Crippen molar-refractivity contribution in [3.8, 4) is 0 Å². The van der Waals surface area contributed by atoms with Crippen LogP contribution in [0.25, 0.3) is 0 Å². The molecule has 2 rings (SSSR count). The van der Waals surface area contributed by atoms with E-state index in [1.165, 1.54) is 0 Å². The zero-order valence-electron chi connectivity index (χ0n) is 10.5. The number of fused-ring (bicyclic) bond motifs is 1. The molecule has 0 aromatic carbocycles. The second-order valence-electron chi connectivity index (χ2n) is 6.26. The molecule has 92 valence electrons. The molecule has 0 spiro atoms. The lowest BCUT2D eigenvalue weighted by Gasteiger charge is -2.26. The van der Waals surface area contributed by atoms with Crippen molar-refractivity contribution >= 4 is 6.09 Å². The van der Waals surface area contributed by atoms with Gasteiger partial charge < -0.3 is 14.7 Å². The van der Waals surface area contributed by atoms with Crippen molar-refractivity contribution in [2.75, 3.05) is 19.7 Å². The van der Waals surface area contributed by atoms with Crippen molar-refractivity contribution in [2.24, 2.45) is 17.3 Å². The van der Waals surface area contributed by atoms with Crippen LogP contribution >= 0.6 is 0 Å². The number of nitrogens with zero attached hydrogens (tertiary/aromatic N) is 1. The Morgan fingerprint density at radius 2 is 2.19 bits per heavy atom. The molecule has 1 aliphatic heterocycles. The van der Waals surface area contributed by atoms with Crippen LogP contribution in [0, 0.1) is 17.3 Å². The minimum atomic E-state index is -0.429. The van der Waals surface area contributed by atoms with E-state index in [0.29, 0.717) is 11.8 Å². The van der Waals surface area contributed by atoms with Crippen molar-refractivity contribution in [2.45, 2.75) is 33.3 Å². The Balaban J connectivity index is 1.90. The predicted molar refractivity (Wildman–Crippen MR) is 60.0 cm³/mol. The minimum absolute atomic E-state index is 0.131. The van der Waals surface area contributed by atoms with Crippen LogP contribution in [0.1, 0.15) is 27.7 Å². The minimum Gasteiger partial charge on any atom is -0.444 e. The molecule has 0 radical (unpaired) electrons. The van der Waals surface area contributed by atoms with Gasteiger partial charge in [0.15, 0.2) is 0 Å². The Morgan fingerprint density at radius 1 is 1.56 bits per heavy atom. The summed E-state index contributed by atoms with van der Waals surface area (Å²) in [5.74, 6) is 0.844. The predicted octanol–water partition coefficient (Wildman–Crippen LogP) is 1.48. The number of piperidine rings is 1. The van der Waals surface area contributed by atoms with Gasteiger partial charge in [0.2, 0.25) is 0 Å². The van der Waals surface area contributed by atoms with Crippen LogP contribution in [0.3, 0.4) is 0 Å². The maximum atomic E-state index is 11.8. The summed E-state index contributed by atoms with van der Waals surface area (Å²) >= 11 is 0. The summed E-state index contributed by atoms with van der Waals surface area (Å²) in [4.78, 5) is 13.6. The van der Waals surface area contributed by atoms with Crippen LogP contribution in [0.15, 0.2) is 0 Å². The third-order valence-corrected chi connectivity index (χ3v) is 3.87. The van der Waals surface area contributed by atoms with Gasteiger partial charge in [-0.25, -0.2) is 4.79 Å². The van der Waals surface area contributed by atoms with Gasteiger partial charge in [-0.1, -0.05) is 6.92 Å². The summed E-state index contributed by atoms with van der Waals surface area (Å²) in [5, 5.41) is 9.15. The van der Waals surface area contributed by atoms with Gasteiger partial charge >= 0.3 is 6.09 Å². The van der Waals surface area contributed by atoms with Crippen molar-refractivity contribution in [3.63, 3.8) is 0 Å². The molecule has 2 aliphatic rings. The third-order valence-electron chi connectivity index (χ3n) is 3.87. The van der Waals surface area contributed by atoms with Crippen molar-refractivity contribution in [1.82, 2.24) is 4.90 Å². The summed E-state index contributed by atoms with van der Waals surface area (Å²) in [6, 6.07) is 0. The van der Waals surface area contributed by atoms with E-state index in [1.807, 2.05) is 20.8 Å². The van der Waals surface area contributed by atoms with Gasteiger partial charge in [-0.3, -0.25) is 0 Å². The normalized spacial score (nSPS) is 37.2. The lowest BCUT2D eigenvalue weighted by Crippen LogP contribution is -2.38. The average Bonchev–Trinajstić information content (AvgIpc) is 2.47. The van der Waals surface area contributed by atoms with Crippen LogP contribution in [-0.4, -0.2) is 41.4 Å². The van der Waals surface area contributed by atoms with E-state index in [4.69, 9.17) is 9.84 Å². The molecule has 1 N–H and O–H groups in total. The number of hydrogen-bond donors (Lipinski definition) is 1. The summed E-state index contributed by atoms with van der Waals surface area (Å²) in [6.45, 7) is 9.46. The monoisotopic (exact) mass is 227 g/mol. The molecule has 2 fully saturated rings. The number of carbonyl (C=O) groups excluding carboxylic acids is 1. The molecule has 4 nitrogen and oxygen atoms in total. The zero-order chi connectivity index (χ0) is 12.1. The smallest absolute Gasteiger partial charge is 0.410 e. The van der Waals surface area contributed by atoms with Crippen LogP contribution in [0.4, 0.5) is 4.79 Å². The first-order valence-corrected chi connectivity index (χ1v) is 5.87.